The first kappa shape index (κ1) is 17.4. The number of hydrogen-bond acceptors (Lipinski definition) is 6. The van der Waals surface area contributed by atoms with Crippen LogP contribution in [0.4, 0.5) is 11.4 Å². The van der Waals surface area contributed by atoms with Crippen LogP contribution >= 0.6 is 11.3 Å². The molecule has 2 aromatic rings. The van der Waals surface area contributed by atoms with Crippen molar-refractivity contribution in [1.82, 2.24) is 0 Å². The van der Waals surface area contributed by atoms with E-state index in [4.69, 9.17) is 0 Å². The molecule has 7 heteroatoms. The maximum Gasteiger partial charge on any atom is 0.350 e. The van der Waals surface area contributed by atoms with Crippen molar-refractivity contribution < 1.29 is 19.4 Å². The van der Waals surface area contributed by atoms with Gasteiger partial charge in [0.2, 0.25) is 0 Å². The first-order valence-corrected chi connectivity index (χ1v) is 7.87. The van der Waals surface area contributed by atoms with Crippen molar-refractivity contribution in [3.63, 3.8) is 0 Å². The summed E-state index contributed by atoms with van der Waals surface area (Å²) in [7, 11) is 1.28. The zero-order valence-electron chi connectivity index (χ0n) is 13.1. The average Bonchev–Trinajstić information content (AvgIpc) is 3.03. The van der Waals surface area contributed by atoms with Gasteiger partial charge in [-0.25, -0.2) is 4.79 Å². The molecule has 1 heterocycles. The molecule has 1 aromatic heterocycles. The number of amides is 1. The molecule has 24 heavy (non-hydrogen) atoms. The highest BCUT2D eigenvalue weighted by Gasteiger charge is 2.15. The summed E-state index contributed by atoms with van der Waals surface area (Å²) < 4.78 is 4.67. The molecule has 0 aliphatic carbocycles. The second kappa shape index (κ2) is 8.07. The first-order chi connectivity index (χ1) is 11.5. The van der Waals surface area contributed by atoms with Gasteiger partial charge in [0.1, 0.15) is 10.6 Å². The number of rotatable bonds is 5. The standard InChI is InChI=1S/C17H16N2O4S/c1-11(20)13(16(21)19-12-6-4-3-5-7-12)10-18-14-8-9-24-15(14)17(22)23-2/h3-10,20H,1-2H3,(H,19,21). The second-order valence-electron chi connectivity index (χ2n) is 4.70. The van der Waals surface area contributed by atoms with Crippen LogP contribution < -0.4 is 5.32 Å². The summed E-state index contributed by atoms with van der Waals surface area (Å²) in [6, 6.07) is 10.5. The molecule has 0 radical (unpaired) electrons. The molecule has 1 amide bonds. The number of esters is 1. The van der Waals surface area contributed by atoms with Crippen molar-refractivity contribution in [3.05, 3.63) is 58.0 Å². The molecule has 0 saturated carbocycles. The van der Waals surface area contributed by atoms with Gasteiger partial charge in [-0.1, -0.05) is 18.2 Å². The van der Waals surface area contributed by atoms with Crippen molar-refractivity contribution in [1.29, 1.82) is 0 Å². The van der Waals surface area contributed by atoms with E-state index in [9.17, 15) is 14.7 Å². The molecule has 0 fully saturated rings. The summed E-state index contributed by atoms with van der Waals surface area (Å²) >= 11 is 1.19. The molecule has 0 bridgehead atoms. The molecule has 0 atom stereocenters. The number of nitrogens with zero attached hydrogens (tertiary/aromatic N) is 1. The summed E-state index contributed by atoms with van der Waals surface area (Å²) in [5.74, 6) is -1.18. The molecule has 0 spiro atoms. The number of para-hydroxylation sites is 1. The normalized spacial score (nSPS) is 11.9. The predicted molar refractivity (Wildman–Crippen MR) is 94.2 cm³/mol. The van der Waals surface area contributed by atoms with Gasteiger partial charge >= 0.3 is 5.97 Å². The Balaban J connectivity index is 2.21. The Morgan fingerprint density at radius 2 is 1.96 bits per heavy atom. The van der Waals surface area contributed by atoms with Gasteiger partial charge in [-0.05, 0) is 30.5 Å². The van der Waals surface area contributed by atoms with Crippen LogP contribution in [0.15, 0.2) is 58.1 Å². The van der Waals surface area contributed by atoms with Gasteiger partial charge < -0.3 is 15.2 Å². The van der Waals surface area contributed by atoms with Crippen molar-refractivity contribution in [2.45, 2.75) is 6.92 Å². The Labute approximate surface area is 143 Å². The summed E-state index contributed by atoms with van der Waals surface area (Å²) in [6.45, 7) is 1.39. The average molecular weight is 344 g/mol. The third-order valence-corrected chi connectivity index (χ3v) is 3.90. The highest BCUT2D eigenvalue weighted by molar-refractivity contribution is 7.12. The maximum absolute atomic E-state index is 12.3. The van der Waals surface area contributed by atoms with Crippen molar-refractivity contribution in [2.24, 2.45) is 4.99 Å². The van der Waals surface area contributed by atoms with E-state index in [1.54, 1.807) is 35.7 Å². The molecular formula is C17H16N2O4S. The third kappa shape index (κ3) is 4.30. The molecule has 0 aliphatic rings. The summed E-state index contributed by atoms with van der Waals surface area (Å²) in [5.41, 5.74) is 0.972. The van der Waals surface area contributed by atoms with Crippen LogP contribution in [0.2, 0.25) is 0 Å². The lowest BCUT2D eigenvalue weighted by molar-refractivity contribution is -0.112. The minimum absolute atomic E-state index is 0.000805. The van der Waals surface area contributed by atoms with E-state index >= 15 is 0 Å². The van der Waals surface area contributed by atoms with Crippen LogP contribution in [0.25, 0.3) is 0 Å². The van der Waals surface area contributed by atoms with Crippen LogP contribution in [0.5, 0.6) is 0 Å². The third-order valence-electron chi connectivity index (χ3n) is 3.01. The highest BCUT2D eigenvalue weighted by atomic mass is 32.1. The second-order valence-corrected chi connectivity index (χ2v) is 5.62. The monoisotopic (exact) mass is 344 g/mol. The number of thiophene rings is 1. The number of aliphatic hydroxyl groups excluding tert-OH is 1. The fraction of sp³-hybridized carbons (Fsp3) is 0.118. The number of anilines is 1. The van der Waals surface area contributed by atoms with Gasteiger partial charge in [0, 0.05) is 11.9 Å². The number of methoxy groups -OCH3 is 1. The van der Waals surface area contributed by atoms with E-state index in [-0.39, 0.29) is 11.3 Å². The molecule has 0 aliphatic heterocycles. The minimum atomic E-state index is -0.503. The Morgan fingerprint density at radius 1 is 1.25 bits per heavy atom. The topological polar surface area (TPSA) is 88.0 Å². The lowest BCUT2D eigenvalue weighted by atomic mass is 10.2. The molecule has 6 nitrogen and oxygen atoms in total. The minimum Gasteiger partial charge on any atom is -0.512 e. The number of aliphatic imine (C=N–C) groups is 1. The summed E-state index contributed by atoms with van der Waals surface area (Å²) in [6.07, 6.45) is 1.22. The summed E-state index contributed by atoms with van der Waals surface area (Å²) in [5, 5.41) is 14.1. The number of carbonyl (C=O) groups is 2. The van der Waals surface area contributed by atoms with Crippen LogP contribution in [0, 0.1) is 0 Å². The lowest BCUT2D eigenvalue weighted by Gasteiger charge is -2.06. The zero-order valence-corrected chi connectivity index (χ0v) is 14.0. The Kier molecular flexibility index (Phi) is 5.86. The highest BCUT2D eigenvalue weighted by Crippen LogP contribution is 2.26. The number of allylic oxidation sites excluding steroid dienone is 1. The molecule has 1 aromatic carbocycles. The van der Waals surface area contributed by atoms with E-state index in [0.29, 0.717) is 16.3 Å². The zero-order chi connectivity index (χ0) is 17.5. The number of nitrogens with one attached hydrogen (secondary N) is 1. The Hall–Kier alpha value is -2.93. The van der Waals surface area contributed by atoms with E-state index in [1.165, 1.54) is 31.6 Å². The fourth-order valence-electron chi connectivity index (χ4n) is 1.82. The fourth-order valence-corrected chi connectivity index (χ4v) is 2.57. The van der Waals surface area contributed by atoms with E-state index in [0.717, 1.165) is 0 Å². The molecular weight excluding hydrogens is 328 g/mol. The Morgan fingerprint density at radius 3 is 2.58 bits per heavy atom. The smallest absolute Gasteiger partial charge is 0.350 e. The first-order valence-electron chi connectivity index (χ1n) is 6.99. The predicted octanol–water partition coefficient (Wildman–Crippen LogP) is 3.71. The number of aliphatic hydroxyl groups is 1. The van der Waals surface area contributed by atoms with Crippen molar-refractivity contribution in [3.8, 4) is 0 Å². The maximum atomic E-state index is 12.3. The molecule has 0 saturated heterocycles. The van der Waals surface area contributed by atoms with Crippen LogP contribution in [0.1, 0.15) is 16.6 Å². The number of hydrogen-bond donors (Lipinski definition) is 2. The van der Waals surface area contributed by atoms with E-state index in [1.807, 2.05) is 6.07 Å². The molecule has 124 valence electrons. The number of ether oxygens (including phenoxy) is 1. The van der Waals surface area contributed by atoms with Crippen LogP contribution in [-0.4, -0.2) is 30.3 Å². The molecule has 2 rings (SSSR count). The van der Waals surface area contributed by atoms with E-state index in [2.05, 4.69) is 15.0 Å². The van der Waals surface area contributed by atoms with Gasteiger partial charge in [-0.15, -0.1) is 11.3 Å². The SMILES string of the molecule is COC(=O)c1sccc1N=CC(C(=O)Nc1ccccc1)=C(C)O. The largest absolute Gasteiger partial charge is 0.512 e. The molecule has 0 unspecified atom stereocenters. The van der Waals surface area contributed by atoms with Crippen molar-refractivity contribution >= 4 is 40.8 Å². The lowest BCUT2D eigenvalue weighted by Crippen LogP contribution is -2.16. The van der Waals surface area contributed by atoms with Gasteiger partial charge in [0.05, 0.1) is 18.4 Å². The van der Waals surface area contributed by atoms with Gasteiger partial charge in [-0.2, -0.15) is 0 Å². The number of carbonyl (C=O) groups excluding carboxylic acids is 2. The molecule has 2 N–H and O–H groups in total. The van der Waals surface area contributed by atoms with E-state index < -0.39 is 11.9 Å². The Bertz CT molecular complexity index is 790. The van der Waals surface area contributed by atoms with Crippen LogP contribution in [-0.2, 0) is 9.53 Å². The quantitative estimate of drug-likeness (QED) is 0.375. The van der Waals surface area contributed by atoms with Crippen molar-refractivity contribution in [2.75, 3.05) is 12.4 Å². The number of benzene rings is 1. The van der Waals surface area contributed by atoms with Gasteiger partial charge in [-0.3, -0.25) is 9.79 Å². The van der Waals surface area contributed by atoms with Gasteiger partial charge in [0.25, 0.3) is 5.91 Å². The van der Waals surface area contributed by atoms with Crippen LogP contribution in [0.3, 0.4) is 0 Å². The summed E-state index contributed by atoms with van der Waals surface area (Å²) in [4.78, 5) is 28.4. The van der Waals surface area contributed by atoms with Gasteiger partial charge in [0.15, 0.2) is 0 Å².